The highest BCUT2D eigenvalue weighted by Crippen LogP contribution is 2.44. The zero-order chi connectivity index (χ0) is 29.5. The van der Waals surface area contributed by atoms with Crippen molar-refractivity contribution in [3.05, 3.63) is 64.7 Å². The second-order valence-corrected chi connectivity index (χ2v) is 14.2. The Morgan fingerprint density at radius 3 is 2.45 bits per heavy atom. The molecule has 0 saturated carbocycles. The third-order valence-corrected chi connectivity index (χ3v) is 9.61. The van der Waals surface area contributed by atoms with Crippen molar-refractivity contribution >= 4 is 56.1 Å². The third kappa shape index (κ3) is 7.29. The smallest absolute Gasteiger partial charge is 0.416 e. The number of amides is 2. The molecule has 1 N–H and O–H groups in total. The number of benzene rings is 2. The van der Waals surface area contributed by atoms with Gasteiger partial charge < -0.3 is 15.0 Å². The molecule has 2 fully saturated rings. The Hall–Kier alpha value is -2.77. The van der Waals surface area contributed by atoms with Crippen LogP contribution >= 0.6 is 23.4 Å². The van der Waals surface area contributed by atoms with E-state index in [1.165, 1.54) is 4.90 Å². The fraction of sp³-hybridized carbons (Fsp3) is 0.423. The van der Waals surface area contributed by atoms with Crippen LogP contribution in [0.25, 0.3) is 0 Å². The molecule has 0 radical (unpaired) electrons. The summed E-state index contributed by atoms with van der Waals surface area (Å²) in [5.74, 6) is -1.35. The zero-order valence-corrected chi connectivity index (χ0v) is 24.1. The van der Waals surface area contributed by atoms with Gasteiger partial charge in [0.05, 0.1) is 33.8 Å². The number of amidine groups is 1. The quantitative estimate of drug-likeness (QED) is 0.498. The van der Waals surface area contributed by atoms with E-state index in [-0.39, 0.29) is 33.8 Å². The van der Waals surface area contributed by atoms with Crippen LogP contribution in [-0.4, -0.2) is 60.0 Å². The van der Waals surface area contributed by atoms with Gasteiger partial charge in [0.2, 0.25) is 0 Å². The molecule has 2 aromatic carbocycles. The number of hydrogen-bond donors (Lipinski definition) is 1. The molecule has 2 aromatic rings. The molecule has 0 aliphatic carbocycles. The molecular formula is C26H27ClF3N3O5S2. The molecule has 2 amide bonds. The first-order valence-corrected chi connectivity index (χ1v) is 15.3. The first-order chi connectivity index (χ1) is 18.5. The minimum absolute atomic E-state index is 0.000162. The third-order valence-electron chi connectivity index (χ3n) is 6.08. The van der Waals surface area contributed by atoms with Crippen molar-refractivity contribution in [2.24, 2.45) is 4.99 Å². The van der Waals surface area contributed by atoms with Crippen molar-refractivity contribution in [2.45, 2.75) is 56.3 Å². The molecular weight excluding hydrogens is 591 g/mol. The fourth-order valence-electron chi connectivity index (χ4n) is 4.39. The lowest BCUT2D eigenvalue weighted by Gasteiger charge is -2.27. The van der Waals surface area contributed by atoms with Gasteiger partial charge in [-0.1, -0.05) is 53.7 Å². The zero-order valence-electron chi connectivity index (χ0n) is 21.7. The fourth-order valence-corrected chi connectivity index (χ4v) is 8.51. The Morgan fingerprint density at radius 1 is 1.15 bits per heavy atom. The second kappa shape index (κ2) is 11.2. The molecule has 0 bridgehead atoms. The number of fused-ring (bicyclic) bond motifs is 1. The van der Waals surface area contributed by atoms with Gasteiger partial charge in [-0.3, -0.25) is 4.79 Å². The average Bonchev–Trinajstić information content (AvgIpc) is 3.28. The normalized spacial score (nSPS) is 22.2. The van der Waals surface area contributed by atoms with E-state index in [1.807, 2.05) is 0 Å². The van der Waals surface area contributed by atoms with Gasteiger partial charge in [-0.15, -0.1) is 0 Å². The second-order valence-electron chi connectivity index (χ2n) is 10.5. The molecule has 3 atom stereocenters. The standard InChI is InChI=1S/C26H27ClF3N3O5S2/c1-25(2,3)38-24(35)31-18(11-15-7-5-4-6-8-15)22(34)32-23-33(20-13-40(36,37)14-21(20)39-23)19-12-16(26(28,29)30)9-10-17(19)27/h4-10,12,18,20-21H,11,13-14H2,1-3H3,(H,31,35)/t18-,20-,21+/m1/s1. The Kier molecular flexibility index (Phi) is 8.49. The Morgan fingerprint density at radius 2 is 1.82 bits per heavy atom. The van der Waals surface area contributed by atoms with E-state index in [0.29, 0.717) is 0 Å². The lowest BCUT2D eigenvalue weighted by atomic mass is 10.1. The minimum atomic E-state index is -4.68. The van der Waals surface area contributed by atoms with E-state index in [4.69, 9.17) is 16.3 Å². The highest BCUT2D eigenvalue weighted by Gasteiger charge is 2.50. The van der Waals surface area contributed by atoms with Crippen LogP contribution in [0.5, 0.6) is 0 Å². The number of aliphatic imine (C=N–C) groups is 1. The summed E-state index contributed by atoms with van der Waals surface area (Å²) in [7, 11) is -3.48. The lowest BCUT2D eigenvalue weighted by Crippen LogP contribution is -2.45. The van der Waals surface area contributed by atoms with Crippen LogP contribution < -0.4 is 10.2 Å². The van der Waals surface area contributed by atoms with E-state index >= 15 is 0 Å². The number of sulfone groups is 1. The monoisotopic (exact) mass is 617 g/mol. The molecule has 216 valence electrons. The maximum absolute atomic E-state index is 13.5. The van der Waals surface area contributed by atoms with Gasteiger partial charge in [-0.25, -0.2) is 13.2 Å². The largest absolute Gasteiger partial charge is 0.444 e. The number of ether oxygens (including phenoxy) is 1. The van der Waals surface area contributed by atoms with Crippen LogP contribution in [0.1, 0.15) is 31.9 Å². The molecule has 2 saturated heterocycles. The molecule has 2 aliphatic rings. The van der Waals surface area contributed by atoms with Crippen LogP contribution in [0.4, 0.5) is 23.7 Å². The van der Waals surface area contributed by atoms with Crippen molar-refractivity contribution in [3.8, 4) is 0 Å². The number of alkyl halides is 3. The molecule has 40 heavy (non-hydrogen) atoms. The molecule has 0 aromatic heterocycles. The summed E-state index contributed by atoms with van der Waals surface area (Å²) in [5.41, 5.74) is -1.21. The summed E-state index contributed by atoms with van der Waals surface area (Å²) in [6, 6.07) is 9.60. The van der Waals surface area contributed by atoms with E-state index in [9.17, 15) is 31.2 Å². The van der Waals surface area contributed by atoms with E-state index in [2.05, 4.69) is 10.3 Å². The number of alkyl carbamates (subject to hydrolysis) is 1. The van der Waals surface area contributed by atoms with Crippen molar-refractivity contribution < 1.29 is 35.9 Å². The van der Waals surface area contributed by atoms with Crippen molar-refractivity contribution in [1.82, 2.24) is 5.32 Å². The summed E-state index contributed by atoms with van der Waals surface area (Å²) in [6.45, 7) is 5.00. The first-order valence-electron chi connectivity index (χ1n) is 12.2. The Labute approximate surface area is 239 Å². The molecule has 8 nitrogen and oxygen atoms in total. The summed E-state index contributed by atoms with van der Waals surface area (Å²) in [6.07, 6.45) is -5.47. The van der Waals surface area contributed by atoms with Gasteiger partial charge >= 0.3 is 12.3 Å². The maximum atomic E-state index is 13.5. The van der Waals surface area contributed by atoms with E-state index in [0.717, 1.165) is 35.5 Å². The van der Waals surface area contributed by atoms with Gasteiger partial charge in [0.1, 0.15) is 11.6 Å². The predicted molar refractivity (Wildman–Crippen MR) is 148 cm³/mol. The summed E-state index contributed by atoms with van der Waals surface area (Å²) in [5, 5.41) is 1.90. The predicted octanol–water partition coefficient (Wildman–Crippen LogP) is 5.10. The van der Waals surface area contributed by atoms with Crippen molar-refractivity contribution in [3.63, 3.8) is 0 Å². The Bertz CT molecular complexity index is 1430. The van der Waals surface area contributed by atoms with E-state index < -0.39 is 56.5 Å². The number of carbonyl (C=O) groups is 2. The number of nitrogens with zero attached hydrogens (tertiary/aromatic N) is 2. The maximum Gasteiger partial charge on any atom is 0.416 e. The number of rotatable bonds is 5. The number of carbonyl (C=O) groups excluding carboxylic acids is 2. The van der Waals surface area contributed by atoms with Crippen LogP contribution in [-0.2, 0) is 32.0 Å². The summed E-state index contributed by atoms with van der Waals surface area (Å²) < 4.78 is 70.7. The molecule has 0 spiro atoms. The van der Waals surface area contributed by atoms with Gasteiger partial charge in [-0.05, 0) is 44.5 Å². The molecule has 2 aliphatic heterocycles. The van der Waals surface area contributed by atoms with Crippen molar-refractivity contribution in [2.75, 3.05) is 16.4 Å². The van der Waals surface area contributed by atoms with Crippen molar-refractivity contribution in [1.29, 1.82) is 0 Å². The van der Waals surface area contributed by atoms with Gasteiger partial charge in [0, 0.05) is 11.7 Å². The molecule has 0 unspecified atom stereocenters. The lowest BCUT2D eigenvalue weighted by molar-refractivity contribution is -0.137. The van der Waals surface area contributed by atoms with E-state index in [1.54, 1.807) is 51.1 Å². The SMILES string of the molecule is CC(C)(C)OC(=O)N[C@H](Cc1ccccc1)C(=O)N=C1S[C@H]2CS(=O)(=O)C[C@H]2N1c1cc(C(F)(F)F)ccc1Cl. The van der Waals surface area contributed by atoms with Crippen LogP contribution in [0.2, 0.25) is 5.02 Å². The topological polar surface area (TPSA) is 105 Å². The molecule has 4 rings (SSSR count). The number of halogens is 4. The molecule has 2 heterocycles. The van der Waals surface area contributed by atoms with Crippen LogP contribution in [0.3, 0.4) is 0 Å². The van der Waals surface area contributed by atoms with Crippen LogP contribution in [0, 0.1) is 0 Å². The number of thioether (sulfide) groups is 1. The van der Waals surface area contributed by atoms with Gasteiger partial charge in [0.25, 0.3) is 5.91 Å². The van der Waals surface area contributed by atoms with Crippen LogP contribution in [0.15, 0.2) is 53.5 Å². The highest BCUT2D eigenvalue weighted by molar-refractivity contribution is 8.16. The summed E-state index contributed by atoms with van der Waals surface area (Å²) >= 11 is 7.29. The number of anilines is 1. The Balaban J connectivity index is 1.72. The average molecular weight is 618 g/mol. The number of hydrogen-bond acceptors (Lipinski definition) is 6. The number of nitrogens with one attached hydrogen (secondary N) is 1. The highest BCUT2D eigenvalue weighted by atomic mass is 35.5. The summed E-state index contributed by atoms with van der Waals surface area (Å²) in [4.78, 5) is 31.6. The first kappa shape index (κ1) is 30.2. The molecule has 14 heteroatoms. The van der Waals surface area contributed by atoms with Gasteiger partial charge in [0.15, 0.2) is 15.0 Å². The van der Waals surface area contributed by atoms with Gasteiger partial charge in [-0.2, -0.15) is 18.2 Å². The minimum Gasteiger partial charge on any atom is -0.444 e.